The number of hydrogen-bond acceptors (Lipinski definition) is 3. The van der Waals surface area contributed by atoms with Crippen molar-refractivity contribution in [2.24, 2.45) is 5.92 Å². The van der Waals surface area contributed by atoms with Crippen molar-refractivity contribution in [3.05, 3.63) is 59.7 Å². The summed E-state index contributed by atoms with van der Waals surface area (Å²) in [6.45, 7) is 0.189. The highest BCUT2D eigenvalue weighted by Gasteiger charge is 2.30. The van der Waals surface area contributed by atoms with Crippen molar-refractivity contribution >= 4 is 12.1 Å². The van der Waals surface area contributed by atoms with Gasteiger partial charge in [0.05, 0.1) is 0 Å². The SMILES string of the molecule is O=C(N[C@H](CCC1CCC1)C(=O)O)OCC1c2ccccc2-c2ccccc21. The van der Waals surface area contributed by atoms with Crippen LogP contribution < -0.4 is 5.32 Å². The molecule has 0 unspecified atom stereocenters. The summed E-state index contributed by atoms with van der Waals surface area (Å²) in [6.07, 6.45) is 4.17. The van der Waals surface area contributed by atoms with Gasteiger partial charge in [-0.2, -0.15) is 0 Å². The molecule has 0 aromatic heterocycles. The normalized spacial score (nSPS) is 16.6. The fraction of sp³-hybridized carbons (Fsp3) is 0.391. The molecule has 146 valence electrons. The Bertz CT molecular complexity index is 829. The molecular weight excluding hydrogens is 354 g/mol. The van der Waals surface area contributed by atoms with E-state index in [4.69, 9.17) is 4.74 Å². The number of amides is 1. The van der Waals surface area contributed by atoms with Gasteiger partial charge in [0.25, 0.3) is 0 Å². The standard InChI is InChI=1S/C23H25NO4/c25-22(26)21(13-12-15-6-5-7-15)24-23(27)28-14-20-18-10-3-1-8-16(18)17-9-2-4-11-19(17)20/h1-4,8-11,15,20-21H,5-7,12-14H2,(H,24,27)(H,25,26)/t21-/m1/s1. The molecule has 1 amide bonds. The second kappa shape index (κ2) is 8.05. The van der Waals surface area contributed by atoms with Crippen LogP contribution in [0.3, 0.4) is 0 Å². The molecule has 2 aromatic rings. The maximum atomic E-state index is 12.3. The summed E-state index contributed by atoms with van der Waals surface area (Å²) in [5.74, 6) is -0.435. The van der Waals surface area contributed by atoms with Crippen molar-refractivity contribution in [2.45, 2.75) is 44.1 Å². The predicted octanol–water partition coefficient (Wildman–Crippen LogP) is 4.56. The number of aliphatic carboxylic acids is 1. The fourth-order valence-corrected chi connectivity index (χ4v) is 4.22. The number of ether oxygens (including phenoxy) is 1. The van der Waals surface area contributed by atoms with E-state index in [9.17, 15) is 14.7 Å². The molecule has 2 aromatic carbocycles. The lowest BCUT2D eigenvalue weighted by atomic mass is 9.81. The van der Waals surface area contributed by atoms with Crippen molar-refractivity contribution in [1.29, 1.82) is 0 Å². The molecule has 0 bridgehead atoms. The maximum absolute atomic E-state index is 12.3. The first-order valence-electron chi connectivity index (χ1n) is 9.98. The van der Waals surface area contributed by atoms with Crippen LogP contribution in [0.5, 0.6) is 0 Å². The molecule has 28 heavy (non-hydrogen) atoms. The highest BCUT2D eigenvalue weighted by atomic mass is 16.5. The zero-order valence-electron chi connectivity index (χ0n) is 15.8. The number of nitrogens with one attached hydrogen (secondary N) is 1. The van der Waals surface area contributed by atoms with Crippen LogP contribution in [0.4, 0.5) is 4.79 Å². The molecule has 4 rings (SSSR count). The lowest BCUT2D eigenvalue weighted by molar-refractivity contribution is -0.139. The minimum Gasteiger partial charge on any atom is -0.480 e. The summed E-state index contributed by atoms with van der Waals surface area (Å²) in [5.41, 5.74) is 4.60. The first kappa shape index (κ1) is 18.5. The summed E-state index contributed by atoms with van der Waals surface area (Å²) in [4.78, 5) is 23.7. The molecule has 2 N–H and O–H groups in total. The van der Waals surface area contributed by atoms with Gasteiger partial charge in [-0.1, -0.05) is 67.8 Å². The van der Waals surface area contributed by atoms with E-state index in [1.54, 1.807) is 0 Å². The second-order valence-electron chi connectivity index (χ2n) is 7.73. The van der Waals surface area contributed by atoms with E-state index in [0.717, 1.165) is 41.5 Å². The van der Waals surface area contributed by atoms with Gasteiger partial charge in [0.1, 0.15) is 12.6 Å². The Morgan fingerprint density at radius 2 is 1.64 bits per heavy atom. The molecule has 5 nitrogen and oxygen atoms in total. The van der Waals surface area contributed by atoms with Crippen LogP contribution in [0.1, 0.15) is 49.1 Å². The average Bonchev–Trinajstić information content (AvgIpc) is 2.98. The Kier molecular flexibility index (Phi) is 5.33. The van der Waals surface area contributed by atoms with Gasteiger partial charge in [-0.3, -0.25) is 0 Å². The van der Waals surface area contributed by atoms with Crippen molar-refractivity contribution in [1.82, 2.24) is 5.32 Å². The van der Waals surface area contributed by atoms with Crippen LogP contribution in [-0.2, 0) is 9.53 Å². The minimum atomic E-state index is -1.01. The molecule has 0 spiro atoms. The Balaban J connectivity index is 1.38. The molecular formula is C23H25NO4. The molecule has 5 heteroatoms. The summed E-state index contributed by atoms with van der Waals surface area (Å²) in [6, 6.07) is 15.4. The second-order valence-corrected chi connectivity index (χ2v) is 7.73. The fourth-order valence-electron chi connectivity index (χ4n) is 4.22. The van der Waals surface area contributed by atoms with Gasteiger partial charge >= 0.3 is 12.1 Å². The first-order valence-corrected chi connectivity index (χ1v) is 9.98. The third kappa shape index (κ3) is 3.75. The minimum absolute atomic E-state index is 0.0311. The quantitative estimate of drug-likeness (QED) is 0.739. The highest BCUT2D eigenvalue weighted by Crippen LogP contribution is 2.44. The monoisotopic (exact) mass is 379 g/mol. The lowest BCUT2D eigenvalue weighted by Crippen LogP contribution is -2.41. The van der Waals surface area contributed by atoms with E-state index < -0.39 is 18.1 Å². The summed E-state index contributed by atoms with van der Waals surface area (Å²) in [5, 5.41) is 11.9. The van der Waals surface area contributed by atoms with E-state index in [0.29, 0.717) is 12.3 Å². The van der Waals surface area contributed by atoms with Crippen LogP contribution in [0.25, 0.3) is 11.1 Å². The van der Waals surface area contributed by atoms with E-state index in [2.05, 4.69) is 29.6 Å². The molecule has 1 saturated carbocycles. The number of rotatable bonds is 7. The van der Waals surface area contributed by atoms with Crippen molar-refractivity contribution in [2.75, 3.05) is 6.61 Å². The summed E-state index contributed by atoms with van der Waals surface area (Å²) < 4.78 is 5.45. The number of carboxylic acids is 1. The number of carbonyl (C=O) groups excluding carboxylic acids is 1. The number of alkyl carbamates (subject to hydrolysis) is 1. The number of carboxylic acid groups (broad SMARTS) is 1. The number of fused-ring (bicyclic) bond motifs is 3. The molecule has 1 atom stereocenters. The topological polar surface area (TPSA) is 75.6 Å². The van der Waals surface area contributed by atoms with Crippen molar-refractivity contribution in [3.8, 4) is 11.1 Å². The van der Waals surface area contributed by atoms with Gasteiger partial charge < -0.3 is 15.2 Å². The van der Waals surface area contributed by atoms with Gasteiger partial charge in [0, 0.05) is 5.92 Å². The Morgan fingerprint density at radius 3 is 2.18 bits per heavy atom. The molecule has 2 aliphatic carbocycles. The molecule has 0 saturated heterocycles. The van der Waals surface area contributed by atoms with E-state index in [1.165, 1.54) is 6.42 Å². The van der Waals surface area contributed by atoms with Gasteiger partial charge in [-0.05, 0) is 41.0 Å². The van der Waals surface area contributed by atoms with Crippen LogP contribution in [0.15, 0.2) is 48.5 Å². The largest absolute Gasteiger partial charge is 0.480 e. The van der Waals surface area contributed by atoms with Crippen LogP contribution in [0.2, 0.25) is 0 Å². The number of carbonyl (C=O) groups is 2. The number of hydrogen-bond donors (Lipinski definition) is 2. The molecule has 0 aliphatic heterocycles. The molecule has 0 heterocycles. The van der Waals surface area contributed by atoms with Gasteiger partial charge in [-0.15, -0.1) is 0 Å². The zero-order chi connectivity index (χ0) is 19.5. The predicted molar refractivity (Wildman–Crippen MR) is 106 cm³/mol. The van der Waals surface area contributed by atoms with Crippen molar-refractivity contribution < 1.29 is 19.4 Å². The van der Waals surface area contributed by atoms with Gasteiger partial charge in [-0.25, -0.2) is 9.59 Å². The van der Waals surface area contributed by atoms with E-state index in [-0.39, 0.29) is 12.5 Å². The van der Waals surface area contributed by atoms with Crippen LogP contribution in [-0.4, -0.2) is 29.8 Å². The van der Waals surface area contributed by atoms with Crippen LogP contribution >= 0.6 is 0 Å². The zero-order valence-corrected chi connectivity index (χ0v) is 15.8. The van der Waals surface area contributed by atoms with Crippen molar-refractivity contribution in [3.63, 3.8) is 0 Å². The Labute approximate surface area is 164 Å². The smallest absolute Gasteiger partial charge is 0.407 e. The molecule has 1 fully saturated rings. The molecule has 0 radical (unpaired) electrons. The first-order chi connectivity index (χ1) is 13.6. The highest BCUT2D eigenvalue weighted by molar-refractivity contribution is 5.81. The Morgan fingerprint density at radius 1 is 1.04 bits per heavy atom. The average molecular weight is 379 g/mol. The molecule has 2 aliphatic rings. The van der Waals surface area contributed by atoms with E-state index in [1.807, 2.05) is 24.3 Å². The van der Waals surface area contributed by atoms with Crippen LogP contribution in [0, 0.1) is 5.92 Å². The lowest BCUT2D eigenvalue weighted by Gasteiger charge is -2.26. The van der Waals surface area contributed by atoms with Gasteiger partial charge in [0.2, 0.25) is 0 Å². The van der Waals surface area contributed by atoms with E-state index >= 15 is 0 Å². The third-order valence-electron chi connectivity index (χ3n) is 6.02. The van der Waals surface area contributed by atoms with Gasteiger partial charge in [0.15, 0.2) is 0 Å². The third-order valence-corrected chi connectivity index (χ3v) is 6.02. The number of benzene rings is 2. The Hall–Kier alpha value is -2.82. The summed E-state index contributed by atoms with van der Waals surface area (Å²) in [7, 11) is 0. The maximum Gasteiger partial charge on any atom is 0.407 e. The summed E-state index contributed by atoms with van der Waals surface area (Å²) >= 11 is 0.